The van der Waals surface area contributed by atoms with Crippen LogP contribution in [0.2, 0.25) is 0 Å². The Kier molecular flexibility index (Phi) is 5.80. The van der Waals surface area contributed by atoms with Crippen molar-refractivity contribution < 1.29 is 19.1 Å². The zero-order chi connectivity index (χ0) is 15.4. The summed E-state index contributed by atoms with van der Waals surface area (Å²) in [5, 5.41) is 10.7. The van der Waals surface area contributed by atoms with Crippen molar-refractivity contribution >= 4 is 33.2 Å². The fraction of sp³-hybridized carbons (Fsp3) is 0.538. The lowest BCUT2D eigenvalue weighted by Crippen LogP contribution is -2.53. The molecule has 0 spiro atoms. The Hall–Kier alpha value is -0.890. The van der Waals surface area contributed by atoms with Gasteiger partial charge in [-0.15, -0.1) is 11.6 Å². The van der Waals surface area contributed by atoms with Gasteiger partial charge in [0, 0.05) is 24.1 Å². The predicted molar refractivity (Wildman–Crippen MR) is 81.1 cm³/mol. The smallest absolute Gasteiger partial charge is 0.274 e. The third-order valence-electron chi connectivity index (χ3n) is 3.13. The van der Waals surface area contributed by atoms with Crippen LogP contribution in [0.1, 0.15) is 6.42 Å². The van der Waals surface area contributed by atoms with Crippen molar-refractivity contribution in [3.05, 3.63) is 32.8 Å². The second kappa shape index (κ2) is 7.40. The van der Waals surface area contributed by atoms with Gasteiger partial charge in [0.15, 0.2) is 0 Å². The molecule has 0 N–H and O–H groups in total. The van der Waals surface area contributed by atoms with E-state index in [4.69, 9.17) is 25.8 Å². The highest BCUT2D eigenvalue weighted by molar-refractivity contribution is 9.10. The third kappa shape index (κ3) is 4.29. The summed E-state index contributed by atoms with van der Waals surface area (Å²) in [4.78, 5) is 10.4. The first kappa shape index (κ1) is 16.5. The average molecular weight is 381 g/mol. The fourth-order valence-electron chi connectivity index (χ4n) is 2.02. The number of nitro groups is 1. The zero-order valence-corrected chi connectivity index (χ0v) is 13.7. The van der Waals surface area contributed by atoms with Gasteiger partial charge in [0.05, 0.1) is 29.6 Å². The van der Waals surface area contributed by atoms with Crippen LogP contribution in [-0.2, 0) is 9.47 Å². The zero-order valence-electron chi connectivity index (χ0n) is 11.3. The lowest BCUT2D eigenvalue weighted by molar-refractivity contribution is -0.385. The molecule has 3 atom stereocenters. The number of nitro benzene ring substituents is 1. The second-order valence-electron chi connectivity index (χ2n) is 4.64. The van der Waals surface area contributed by atoms with Crippen molar-refractivity contribution in [1.82, 2.24) is 0 Å². The molecule has 21 heavy (non-hydrogen) atoms. The summed E-state index contributed by atoms with van der Waals surface area (Å²) in [6.45, 7) is 0.915. The van der Waals surface area contributed by atoms with Gasteiger partial charge in [0.1, 0.15) is 18.0 Å². The molecule has 0 aromatic heterocycles. The second-order valence-corrected chi connectivity index (χ2v) is 6.11. The van der Waals surface area contributed by atoms with Crippen molar-refractivity contribution in [3.8, 4) is 5.75 Å². The Morgan fingerprint density at radius 2 is 2.19 bits per heavy atom. The number of non-ortho nitro benzene ring substituents is 1. The van der Waals surface area contributed by atoms with Crippen LogP contribution in [-0.4, -0.2) is 42.8 Å². The number of halogens is 2. The van der Waals surface area contributed by atoms with Crippen LogP contribution >= 0.6 is 27.5 Å². The molecule has 6 nitrogen and oxygen atoms in total. The quantitative estimate of drug-likeness (QED) is 0.314. The van der Waals surface area contributed by atoms with Crippen molar-refractivity contribution in [2.75, 3.05) is 20.3 Å². The SMILES string of the molecule is COCCOC1C(Cl)CC1Oc1cc(Br)cc([N+](=O)[O-])c1. The lowest BCUT2D eigenvalue weighted by Gasteiger charge is -2.40. The highest BCUT2D eigenvalue weighted by Gasteiger charge is 2.43. The predicted octanol–water partition coefficient (Wildman–Crippen LogP) is 3.15. The van der Waals surface area contributed by atoms with Crippen LogP contribution in [0, 0.1) is 10.1 Å². The Balaban J connectivity index is 1.99. The molecule has 2 rings (SSSR count). The monoisotopic (exact) mass is 379 g/mol. The van der Waals surface area contributed by atoms with Gasteiger partial charge in [0.2, 0.25) is 0 Å². The molecule has 0 heterocycles. The summed E-state index contributed by atoms with van der Waals surface area (Å²) in [7, 11) is 1.59. The van der Waals surface area contributed by atoms with E-state index >= 15 is 0 Å². The van der Waals surface area contributed by atoms with Gasteiger partial charge in [-0.05, 0) is 6.07 Å². The van der Waals surface area contributed by atoms with Crippen LogP contribution in [0.4, 0.5) is 5.69 Å². The Bertz CT molecular complexity index is 515. The van der Waals surface area contributed by atoms with E-state index in [1.165, 1.54) is 12.1 Å². The van der Waals surface area contributed by atoms with Gasteiger partial charge >= 0.3 is 0 Å². The first-order chi connectivity index (χ1) is 10.0. The minimum atomic E-state index is -0.463. The topological polar surface area (TPSA) is 70.8 Å². The molecule has 0 aliphatic heterocycles. The minimum Gasteiger partial charge on any atom is -0.487 e. The van der Waals surface area contributed by atoms with Gasteiger partial charge in [-0.25, -0.2) is 0 Å². The van der Waals surface area contributed by atoms with Crippen LogP contribution in [0.15, 0.2) is 22.7 Å². The van der Waals surface area contributed by atoms with Crippen LogP contribution in [0.3, 0.4) is 0 Å². The highest BCUT2D eigenvalue weighted by Crippen LogP contribution is 2.35. The van der Waals surface area contributed by atoms with E-state index < -0.39 is 4.92 Å². The van der Waals surface area contributed by atoms with E-state index in [2.05, 4.69) is 15.9 Å². The molecule has 8 heteroatoms. The molecule has 1 aromatic rings. The maximum absolute atomic E-state index is 10.8. The molecule has 1 aliphatic carbocycles. The van der Waals surface area contributed by atoms with E-state index in [9.17, 15) is 10.1 Å². The van der Waals surface area contributed by atoms with Gasteiger partial charge < -0.3 is 14.2 Å². The Morgan fingerprint density at radius 3 is 2.81 bits per heavy atom. The van der Waals surface area contributed by atoms with Crippen LogP contribution < -0.4 is 4.74 Å². The normalized spacial score (nSPS) is 24.4. The third-order valence-corrected chi connectivity index (χ3v) is 4.02. The molecule has 1 fully saturated rings. The molecule has 0 amide bonds. The summed E-state index contributed by atoms with van der Waals surface area (Å²) >= 11 is 9.34. The van der Waals surface area contributed by atoms with Gasteiger partial charge in [-0.3, -0.25) is 10.1 Å². The standard InChI is InChI=1S/C13H15BrClNO5/c1-19-2-3-20-13-11(15)7-12(13)21-10-5-8(14)4-9(6-10)16(17)18/h4-6,11-13H,2-3,7H2,1H3. The summed E-state index contributed by atoms with van der Waals surface area (Å²) in [5.74, 6) is 0.421. The van der Waals surface area contributed by atoms with E-state index in [0.717, 1.165) is 0 Å². The number of alkyl halides is 1. The molecule has 3 unspecified atom stereocenters. The average Bonchev–Trinajstić information content (AvgIpc) is 2.42. The molecular weight excluding hydrogens is 366 g/mol. The summed E-state index contributed by atoms with van der Waals surface area (Å²) in [6.07, 6.45) is 0.192. The fourth-order valence-corrected chi connectivity index (χ4v) is 2.89. The molecule has 1 aliphatic rings. The van der Waals surface area contributed by atoms with Crippen LogP contribution in [0.25, 0.3) is 0 Å². The van der Waals surface area contributed by atoms with Crippen molar-refractivity contribution in [1.29, 1.82) is 0 Å². The summed E-state index contributed by atoms with van der Waals surface area (Å²) < 4.78 is 16.9. The first-order valence-corrected chi connectivity index (χ1v) is 7.60. The van der Waals surface area contributed by atoms with Gasteiger partial charge in [0.25, 0.3) is 5.69 Å². The minimum absolute atomic E-state index is 0.0297. The number of benzene rings is 1. The van der Waals surface area contributed by atoms with Crippen molar-refractivity contribution in [2.24, 2.45) is 0 Å². The molecule has 1 saturated carbocycles. The van der Waals surface area contributed by atoms with Gasteiger partial charge in [-0.1, -0.05) is 15.9 Å². The van der Waals surface area contributed by atoms with Crippen LogP contribution in [0.5, 0.6) is 5.75 Å². The number of nitrogens with zero attached hydrogens (tertiary/aromatic N) is 1. The molecule has 1 aromatic carbocycles. The summed E-state index contributed by atoms with van der Waals surface area (Å²) in [6, 6.07) is 4.49. The Labute approximate surface area is 135 Å². The lowest BCUT2D eigenvalue weighted by atomic mass is 9.91. The number of ether oxygens (including phenoxy) is 3. The number of methoxy groups -OCH3 is 1. The number of rotatable bonds is 7. The molecule has 0 bridgehead atoms. The van der Waals surface area contributed by atoms with E-state index in [0.29, 0.717) is 29.9 Å². The summed E-state index contributed by atoms with van der Waals surface area (Å²) in [5.41, 5.74) is -0.0297. The molecule has 0 radical (unpaired) electrons. The van der Waals surface area contributed by atoms with Crippen molar-refractivity contribution in [2.45, 2.75) is 24.0 Å². The molecule has 116 valence electrons. The number of hydrogen-bond donors (Lipinski definition) is 0. The first-order valence-electron chi connectivity index (χ1n) is 6.37. The van der Waals surface area contributed by atoms with E-state index in [-0.39, 0.29) is 23.3 Å². The Morgan fingerprint density at radius 1 is 1.43 bits per heavy atom. The van der Waals surface area contributed by atoms with Crippen molar-refractivity contribution in [3.63, 3.8) is 0 Å². The molecule has 0 saturated heterocycles. The largest absolute Gasteiger partial charge is 0.487 e. The maximum atomic E-state index is 10.8. The molecular formula is C13H15BrClNO5. The van der Waals surface area contributed by atoms with E-state index in [1.54, 1.807) is 13.2 Å². The van der Waals surface area contributed by atoms with E-state index in [1.807, 2.05) is 0 Å². The highest BCUT2D eigenvalue weighted by atomic mass is 79.9. The number of hydrogen-bond acceptors (Lipinski definition) is 5. The van der Waals surface area contributed by atoms with Gasteiger partial charge in [-0.2, -0.15) is 0 Å². The maximum Gasteiger partial charge on any atom is 0.274 e.